The van der Waals surface area contributed by atoms with Crippen LogP contribution in [0, 0.1) is 0 Å². The number of rotatable bonds is 7. The lowest BCUT2D eigenvalue weighted by Crippen LogP contribution is -2.46. The van der Waals surface area contributed by atoms with Crippen molar-refractivity contribution in [2.75, 3.05) is 44.2 Å². The van der Waals surface area contributed by atoms with Crippen LogP contribution in [0.1, 0.15) is 55.0 Å². The number of carbonyl (C=O) groups is 3. The Hall–Kier alpha value is -4.29. The number of nitrogens with zero attached hydrogens (tertiary/aromatic N) is 2. The monoisotopic (exact) mass is 517 g/mol. The molecule has 1 amide bonds. The van der Waals surface area contributed by atoms with Crippen LogP contribution in [0.25, 0.3) is 10.8 Å². The molecule has 0 aromatic heterocycles. The number of nitrogens with one attached hydrogen (secondary N) is 1. The number of ketones is 2. The molecule has 0 saturated carbocycles. The zero-order chi connectivity index (χ0) is 26.8. The number of benzene rings is 4. The minimum atomic E-state index is -0.222. The van der Waals surface area contributed by atoms with Gasteiger partial charge in [0.15, 0.2) is 11.6 Å². The number of hydrogen-bond donors (Lipinski definition) is 1. The van der Waals surface area contributed by atoms with E-state index in [0.29, 0.717) is 34.4 Å². The standard InChI is InChI=1S/C33H31N3O3/c37-31-26-11-3-4-12-27(26)32(38)29-22-24(14-15-28(29)31)33(39)34-16-5-6-17-35-18-20-36(21-19-35)30-13-7-9-23-8-1-2-10-25(23)30/h1-4,7-15,22H,5-6,16-21H2,(H,34,39). The van der Waals surface area contributed by atoms with Crippen molar-refractivity contribution in [3.63, 3.8) is 0 Å². The Bertz CT molecular complexity index is 1560. The van der Waals surface area contributed by atoms with E-state index < -0.39 is 0 Å². The van der Waals surface area contributed by atoms with Crippen molar-refractivity contribution in [2.45, 2.75) is 12.8 Å². The number of fused-ring (bicyclic) bond motifs is 3. The molecule has 0 unspecified atom stereocenters. The average molecular weight is 518 g/mol. The second kappa shape index (κ2) is 10.8. The molecule has 1 N–H and O–H groups in total. The van der Waals surface area contributed by atoms with Crippen LogP contribution in [0.4, 0.5) is 5.69 Å². The first-order valence-electron chi connectivity index (χ1n) is 13.7. The topological polar surface area (TPSA) is 69.7 Å². The molecule has 4 aromatic carbocycles. The van der Waals surface area contributed by atoms with Gasteiger partial charge < -0.3 is 10.2 Å². The molecular formula is C33H31N3O3. The maximum Gasteiger partial charge on any atom is 0.251 e. The zero-order valence-electron chi connectivity index (χ0n) is 21.9. The van der Waals surface area contributed by atoms with Crippen molar-refractivity contribution in [1.82, 2.24) is 10.2 Å². The number of hydrogen-bond acceptors (Lipinski definition) is 5. The van der Waals surface area contributed by atoms with Crippen LogP contribution in [0.15, 0.2) is 84.9 Å². The summed E-state index contributed by atoms with van der Waals surface area (Å²) in [5, 5.41) is 5.56. The molecule has 6 heteroatoms. The Balaban J connectivity index is 0.968. The van der Waals surface area contributed by atoms with E-state index in [4.69, 9.17) is 0 Å². The van der Waals surface area contributed by atoms with Crippen molar-refractivity contribution < 1.29 is 14.4 Å². The van der Waals surface area contributed by atoms with Crippen LogP contribution in [0.3, 0.4) is 0 Å². The minimum Gasteiger partial charge on any atom is -0.368 e. The highest BCUT2D eigenvalue weighted by Crippen LogP contribution is 2.29. The molecule has 1 fully saturated rings. The molecule has 1 heterocycles. The van der Waals surface area contributed by atoms with Gasteiger partial charge in [-0.25, -0.2) is 0 Å². The summed E-state index contributed by atoms with van der Waals surface area (Å²) in [4.78, 5) is 43.5. The van der Waals surface area contributed by atoms with Gasteiger partial charge in [-0.15, -0.1) is 0 Å². The SMILES string of the molecule is O=C(NCCCCN1CCN(c2cccc3ccccc23)CC1)c1ccc2c(c1)C(=O)c1ccccc1C2=O. The summed E-state index contributed by atoms with van der Waals surface area (Å²) in [5.41, 5.74) is 3.18. The lowest BCUT2D eigenvalue weighted by atomic mass is 9.83. The van der Waals surface area contributed by atoms with Gasteiger partial charge in [-0.2, -0.15) is 0 Å². The molecule has 1 aliphatic heterocycles. The predicted molar refractivity (Wildman–Crippen MR) is 154 cm³/mol. The van der Waals surface area contributed by atoms with Gasteiger partial charge in [0.2, 0.25) is 0 Å². The second-order valence-electron chi connectivity index (χ2n) is 10.3. The van der Waals surface area contributed by atoms with Crippen LogP contribution < -0.4 is 10.2 Å². The maximum atomic E-state index is 12.9. The highest BCUT2D eigenvalue weighted by atomic mass is 16.2. The first-order chi connectivity index (χ1) is 19.1. The molecule has 6 rings (SSSR count). The van der Waals surface area contributed by atoms with Gasteiger partial charge >= 0.3 is 0 Å². The molecule has 0 atom stereocenters. The van der Waals surface area contributed by atoms with Crippen molar-refractivity contribution in [1.29, 1.82) is 0 Å². The Morgan fingerprint density at radius 1 is 0.692 bits per heavy atom. The van der Waals surface area contributed by atoms with Gasteiger partial charge in [-0.3, -0.25) is 19.3 Å². The summed E-state index contributed by atoms with van der Waals surface area (Å²) >= 11 is 0. The molecule has 0 spiro atoms. The lowest BCUT2D eigenvalue weighted by Gasteiger charge is -2.36. The molecule has 1 aliphatic carbocycles. The fourth-order valence-electron chi connectivity index (χ4n) is 5.70. The number of amides is 1. The third-order valence-electron chi connectivity index (χ3n) is 7.85. The van der Waals surface area contributed by atoms with Crippen LogP contribution >= 0.6 is 0 Å². The van der Waals surface area contributed by atoms with E-state index >= 15 is 0 Å². The average Bonchev–Trinajstić information content (AvgIpc) is 2.99. The van der Waals surface area contributed by atoms with Gasteiger partial charge in [0, 0.05) is 71.6 Å². The molecule has 0 radical (unpaired) electrons. The smallest absolute Gasteiger partial charge is 0.251 e. The normalized spacial score (nSPS) is 15.2. The first-order valence-corrected chi connectivity index (χ1v) is 13.7. The molecule has 2 aliphatic rings. The van der Waals surface area contributed by atoms with Gasteiger partial charge in [0.05, 0.1) is 0 Å². The molecule has 196 valence electrons. The Morgan fingerprint density at radius 2 is 1.36 bits per heavy atom. The number of carbonyl (C=O) groups excluding carboxylic acids is 3. The van der Waals surface area contributed by atoms with Crippen LogP contribution in [0.2, 0.25) is 0 Å². The van der Waals surface area contributed by atoms with Gasteiger partial charge in [-0.05, 0) is 49.0 Å². The summed E-state index contributed by atoms with van der Waals surface area (Å²) in [7, 11) is 0. The van der Waals surface area contributed by atoms with Gasteiger partial charge in [0.1, 0.15) is 0 Å². The van der Waals surface area contributed by atoms with Crippen molar-refractivity contribution in [3.05, 3.63) is 113 Å². The fourth-order valence-corrected chi connectivity index (χ4v) is 5.70. The van der Waals surface area contributed by atoms with E-state index in [-0.39, 0.29) is 17.5 Å². The van der Waals surface area contributed by atoms with Crippen LogP contribution in [0.5, 0.6) is 0 Å². The van der Waals surface area contributed by atoms with E-state index in [0.717, 1.165) is 45.6 Å². The number of piperazine rings is 1. The fraction of sp³-hybridized carbons (Fsp3) is 0.242. The van der Waals surface area contributed by atoms with E-state index in [2.05, 4.69) is 57.6 Å². The largest absolute Gasteiger partial charge is 0.368 e. The summed E-state index contributed by atoms with van der Waals surface area (Å²) in [6.45, 7) is 5.65. The zero-order valence-corrected chi connectivity index (χ0v) is 21.9. The number of unbranched alkanes of at least 4 members (excludes halogenated alkanes) is 1. The van der Waals surface area contributed by atoms with Crippen molar-refractivity contribution >= 4 is 33.9 Å². The predicted octanol–water partition coefficient (Wildman–Crippen LogP) is 4.95. The van der Waals surface area contributed by atoms with Crippen molar-refractivity contribution in [2.24, 2.45) is 0 Å². The third kappa shape index (κ3) is 4.95. The molecule has 0 bridgehead atoms. The Morgan fingerprint density at radius 3 is 2.15 bits per heavy atom. The van der Waals surface area contributed by atoms with Gasteiger partial charge in [0.25, 0.3) is 5.91 Å². The molecule has 1 saturated heterocycles. The summed E-state index contributed by atoms with van der Waals surface area (Å²) in [6, 6.07) is 26.7. The van der Waals surface area contributed by atoms with Gasteiger partial charge in [-0.1, -0.05) is 60.7 Å². The molecule has 6 nitrogen and oxygen atoms in total. The Labute approximate surface area is 228 Å². The lowest BCUT2D eigenvalue weighted by molar-refractivity contribution is 0.0950. The summed E-state index contributed by atoms with van der Waals surface area (Å²) in [5.74, 6) is -0.610. The van der Waals surface area contributed by atoms with E-state index in [1.165, 1.54) is 16.5 Å². The first kappa shape index (κ1) is 25.0. The van der Waals surface area contributed by atoms with E-state index in [1.54, 1.807) is 42.5 Å². The molecule has 39 heavy (non-hydrogen) atoms. The van der Waals surface area contributed by atoms with Crippen LogP contribution in [-0.2, 0) is 0 Å². The van der Waals surface area contributed by atoms with Crippen molar-refractivity contribution in [3.8, 4) is 0 Å². The van der Waals surface area contributed by atoms with E-state index in [9.17, 15) is 14.4 Å². The molecule has 4 aromatic rings. The third-order valence-corrected chi connectivity index (χ3v) is 7.85. The molecular weight excluding hydrogens is 486 g/mol. The summed E-state index contributed by atoms with van der Waals surface area (Å²) in [6.07, 6.45) is 1.88. The Kier molecular flexibility index (Phi) is 6.95. The maximum absolute atomic E-state index is 12.9. The number of anilines is 1. The van der Waals surface area contributed by atoms with Crippen LogP contribution in [-0.4, -0.2) is 61.6 Å². The highest BCUT2D eigenvalue weighted by molar-refractivity contribution is 6.28. The highest BCUT2D eigenvalue weighted by Gasteiger charge is 2.30. The minimum absolute atomic E-state index is 0.176. The summed E-state index contributed by atoms with van der Waals surface area (Å²) < 4.78 is 0. The quantitative estimate of drug-likeness (QED) is 0.310. The second-order valence-corrected chi connectivity index (χ2v) is 10.3. The van der Waals surface area contributed by atoms with E-state index in [1.807, 2.05) is 0 Å².